The van der Waals surface area contributed by atoms with Crippen molar-refractivity contribution in [1.82, 2.24) is 10.9 Å². The molecule has 132 valence electrons. The third kappa shape index (κ3) is 6.11. The molecule has 2 aromatic carbocycles. The maximum Gasteiger partial charge on any atom is 0.279 e. The number of ether oxygens (including phenoxy) is 2. The number of nitrogens with one attached hydrogen (secondary N) is 2. The Kier molecular flexibility index (Phi) is 6.82. The van der Waals surface area contributed by atoms with Crippen LogP contribution < -0.4 is 20.3 Å². The van der Waals surface area contributed by atoms with Crippen molar-refractivity contribution in [2.45, 2.75) is 20.0 Å². The average Bonchev–Trinajstić information content (AvgIpc) is 2.59. The van der Waals surface area contributed by atoms with E-state index in [0.717, 1.165) is 10.0 Å². The van der Waals surface area contributed by atoms with E-state index in [0.29, 0.717) is 11.5 Å². The highest BCUT2D eigenvalue weighted by molar-refractivity contribution is 9.10. The van der Waals surface area contributed by atoms with E-state index in [4.69, 9.17) is 9.47 Å². The molecule has 0 heterocycles. The molecule has 0 saturated heterocycles. The number of hydrazine groups is 1. The fourth-order valence-electron chi connectivity index (χ4n) is 1.89. The maximum absolute atomic E-state index is 11.9. The predicted molar refractivity (Wildman–Crippen MR) is 97.2 cm³/mol. The number of hydrogen-bond donors (Lipinski definition) is 2. The summed E-state index contributed by atoms with van der Waals surface area (Å²) in [7, 11) is 0. The number of amides is 2. The van der Waals surface area contributed by atoms with Gasteiger partial charge in [-0.3, -0.25) is 20.4 Å². The van der Waals surface area contributed by atoms with Crippen molar-refractivity contribution in [2.75, 3.05) is 6.61 Å². The summed E-state index contributed by atoms with van der Waals surface area (Å²) in [6.07, 6.45) is -0.755. The number of aryl methyl sites for hydroxylation is 1. The largest absolute Gasteiger partial charge is 0.483 e. The van der Waals surface area contributed by atoms with Crippen LogP contribution in [0.25, 0.3) is 0 Å². The molecule has 25 heavy (non-hydrogen) atoms. The first-order valence-electron chi connectivity index (χ1n) is 7.65. The predicted octanol–water partition coefficient (Wildman–Crippen LogP) is 2.75. The highest BCUT2D eigenvalue weighted by atomic mass is 79.9. The van der Waals surface area contributed by atoms with Crippen LogP contribution in [0.5, 0.6) is 11.5 Å². The maximum atomic E-state index is 11.9. The first kappa shape index (κ1) is 18.8. The lowest BCUT2D eigenvalue weighted by atomic mass is 10.2. The van der Waals surface area contributed by atoms with Gasteiger partial charge in [-0.2, -0.15) is 0 Å². The van der Waals surface area contributed by atoms with Crippen LogP contribution in [-0.4, -0.2) is 24.5 Å². The lowest BCUT2D eigenvalue weighted by Crippen LogP contribution is -2.48. The molecule has 0 fully saturated rings. The molecule has 0 radical (unpaired) electrons. The Morgan fingerprint density at radius 1 is 1.12 bits per heavy atom. The summed E-state index contributed by atoms with van der Waals surface area (Å²) in [6.45, 7) is 3.32. The number of para-hydroxylation sites is 1. The lowest BCUT2D eigenvalue weighted by molar-refractivity contribution is -0.133. The smallest absolute Gasteiger partial charge is 0.279 e. The van der Waals surface area contributed by atoms with Crippen LogP contribution in [0.1, 0.15) is 12.5 Å². The van der Waals surface area contributed by atoms with Crippen molar-refractivity contribution in [3.8, 4) is 11.5 Å². The van der Waals surface area contributed by atoms with Gasteiger partial charge in [0.1, 0.15) is 11.5 Å². The van der Waals surface area contributed by atoms with E-state index in [2.05, 4.69) is 26.8 Å². The van der Waals surface area contributed by atoms with E-state index in [-0.39, 0.29) is 6.61 Å². The van der Waals surface area contributed by atoms with Crippen molar-refractivity contribution in [1.29, 1.82) is 0 Å². The molecule has 0 unspecified atom stereocenters. The molecule has 0 aliphatic carbocycles. The summed E-state index contributed by atoms with van der Waals surface area (Å²) in [5, 5.41) is 0. The molecule has 7 heteroatoms. The number of carbonyl (C=O) groups excluding carboxylic acids is 2. The Labute approximate surface area is 154 Å². The number of carbonyl (C=O) groups is 2. The van der Waals surface area contributed by atoms with Gasteiger partial charge in [-0.15, -0.1) is 0 Å². The van der Waals surface area contributed by atoms with Crippen LogP contribution in [0.15, 0.2) is 53.0 Å². The van der Waals surface area contributed by atoms with Gasteiger partial charge in [0.05, 0.1) is 4.47 Å². The number of rotatable bonds is 6. The lowest BCUT2D eigenvalue weighted by Gasteiger charge is -2.15. The number of benzene rings is 2. The van der Waals surface area contributed by atoms with Gasteiger partial charge in [-0.05, 0) is 59.6 Å². The quantitative estimate of drug-likeness (QED) is 0.723. The Hall–Kier alpha value is -2.54. The minimum absolute atomic E-state index is 0.226. The standard InChI is InChI=1S/C18H19BrN2O4/c1-12-8-9-16(15(19)10-12)24-11-17(22)20-21-18(23)13(2)25-14-6-4-3-5-7-14/h3-10,13H,11H2,1-2H3,(H,20,22)(H,21,23)/t13-/m1/s1. The molecule has 2 amide bonds. The van der Waals surface area contributed by atoms with Gasteiger partial charge >= 0.3 is 0 Å². The average molecular weight is 407 g/mol. The summed E-state index contributed by atoms with van der Waals surface area (Å²) in [6, 6.07) is 14.5. The zero-order valence-electron chi connectivity index (χ0n) is 13.9. The fraction of sp³-hybridized carbons (Fsp3) is 0.222. The Morgan fingerprint density at radius 2 is 1.84 bits per heavy atom. The Morgan fingerprint density at radius 3 is 2.52 bits per heavy atom. The van der Waals surface area contributed by atoms with Gasteiger partial charge in [0.15, 0.2) is 12.7 Å². The van der Waals surface area contributed by atoms with E-state index in [1.165, 1.54) is 0 Å². The Balaban J connectivity index is 1.74. The molecule has 0 bridgehead atoms. The molecule has 1 atom stereocenters. The van der Waals surface area contributed by atoms with Gasteiger partial charge < -0.3 is 9.47 Å². The molecule has 0 aliphatic heterocycles. The summed E-state index contributed by atoms with van der Waals surface area (Å²) < 4.78 is 11.6. The molecule has 2 aromatic rings. The molecule has 0 aromatic heterocycles. The second-order valence-electron chi connectivity index (χ2n) is 5.33. The van der Waals surface area contributed by atoms with Crippen LogP contribution in [0.2, 0.25) is 0 Å². The van der Waals surface area contributed by atoms with Gasteiger partial charge in [-0.1, -0.05) is 24.3 Å². The van der Waals surface area contributed by atoms with E-state index in [1.54, 1.807) is 25.1 Å². The number of hydrogen-bond acceptors (Lipinski definition) is 4. The molecule has 0 aliphatic rings. The number of halogens is 1. The summed E-state index contributed by atoms with van der Waals surface area (Å²) in [4.78, 5) is 23.7. The first-order valence-corrected chi connectivity index (χ1v) is 8.44. The minimum Gasteiger partial charge on any atom is -0.483 e. The zero-order valence-corrected chi connectivity index (χ0v) is 15.5. The molecule has 0 saturated carbocycles. The van der Waals surface area contributed by atoms with Crippen molar-refractivity contribution in [3.63, 3.8) is 0 Å². The van der Waals surface area contributed by atoms with E-state index >= 15 is 0 Å². The topological polar surface area (TPSA) is 76.7 Å². The summed E-state index contributed by atoms with van der Waals surface area (Å²) in [5.74, 6) is 0.179. The Bertz CT molecular complexity index is 737. The zero-order chi connectivity index (χ0) is 18.2. The van der Waals surface area contributed by atoms with Crippen LogP contribution in [-0.2, 0) is 9.59 Å². The van der Waals surface area contributed by atoms with Crippen LogP contribution in [0.3, 0.4) is 0 Å². The molecular formula is C18H19BrN2O4. The third-order valence-corrected chi connectivity index (χ3v) is 3.82. The first-order chi connectivity index (χ1) is 12.0. The van der Waals surface area contributed by atoms with Crippen LogP contribution in [0, 0.1) is 6.92 Å². The van der Waals surface area contributed by atoms with Crippen LogP contribution in [0.4, 0.5) is 0 Å². The van der Waals surface area contributed by atoms with Crippen molar-refractivity contribution in [3.05, 3.63) is 58.6 Å². The van der Waals surface area contributed by atoms with E-state index in [1.807, 2.05) is 37.3 Å². The fourth-order valence-corrected chi connectivity index (χ4v) is 2.50. The minimum atomic E-state index is -0.755. The molecule has 6 nitrogen and oxygen atoms in total. The molecular weight excluding hydrogens is 388 g/mol. The second-order valence-corrected chi connectivity index (χ2v) is 6.19. The van der Waals surface area contributed by atoms with Gasteiger partial charge in [0.2, 0.25) is 0 Å². The second kappa shape index (κ2) is 9.08. The molecule has 2 rings (SSSR count). The SMILES string of the molecule is Cc1ccc(OCC(=O)NNC(=O)[C@@H](C)Oc2ccccc2)c(Br)c1. The van der Waals surface area contributed by atoms with Crippen molar-refractivity contribution in [2.24, 2.45) is 0 Å². The van der Waals surface area contributed by atoms with Crippen molar-refractivity contribution >= 4 is 27.7 Å². The monoisotopic (exact) mass is 406 g/mol. The highest BCUT2D eigenvalue weighted by Crippen LogP contribution is 2.25. The van der Waals surface area contributed by atoms with E-state index < -0.39 is 17.9 Å². The summed E-state index contributed by atoms with van der Waals surface area (Å²) in [5.41, 5.74) is 5.67. The van der Waals surface area contributed by atoms with Crippen LogP contribution >= 0.6 is 15.9 Å². The van der Waals surface area contributed by atoms with Gasteiger partial charge in [0.25, 0.3) is 11.8 Å². The van der Waals surface area contributed by atoms with Crippen molar-refractivity contribution < 1.29 is 19.1 Å². The molecule has 0 spiro atoms. The summed E-state index contributed by atoms with van der Waals surface area (Å²) >= 11 is 3.37. The molecule has 2 N–H and O–H groups in total. The van der Waals surface area contributed by atoms with Gasteiger partial charge in [-0.25, -0.2) is 0 Å². The van der Waals surface area contributed by atoms with E-state index in [9.17, 15) is 9.59 Å². The highest BCUT2D eigenvalue weighted by Gasteiger charge is 2.15. The normalized spacial score (nSPS) is 11.3. The third-order valence-electron chi connectivity index (χ3n) is 3.20. The van der Waals surface area contributed by atoms with Gasteiger partial charge in [0, 0.05) is 0 Å².